The molecule has 0 aromatic carbocycles. The third kappa shape index (κ3) is 1.69. The fraction of sp³-hybridized carbons (Fsp3) is 0.700. The van der Waals surface area contributed by atoms with E-state index in [1.54, 1.807) is 0 Å². The summed E-state index contributed by atoms with van der Waals surface area (Å²) < 4.78 is 0. The smallest absolute Gasteiger partial charge is 0.308 e. The minimum absolute atomic E-state index is 0.180. The first kappa shape index (κ1) is 8.60. The Kier molecular flexibility index (Phi) is 2.25. The number of aliphatic carboxylic acids is 1. The monoisotopic (exact) mass is 181 g/mol. The summed E-state index contributed by atoms with van der Waals surface area (Å²) >= 11 is 0. The van der Waals surface area contributed by atoms with E-state index in [0.717, 1.165) is 19.3 Å². The largest absolute Gasteiger partial charge is 0.481 e. The van der Waals surface area contributed by atoms with Crippen molar-refractivity contribution in [3.05, 3.63) is 11.8 Å². The molecule has 2 unspecified atom stereocenters. The number of hydrogen-bond donors (Lipinski definition) is 2. The van der Waals surface area contributed by atoms with Gasteiger partial charge in [0.25, 0.3) is 0 Å². The summed E-state index contributed by atoms with van der Waals surface area (Å²) in [5.74, 6) is -0.346. The van der Waals surface area contributed by atoms with Crippen molar-refractivity contribution >= 4 is 5.97 Å². The van der Waals surface area contributed by atoms with Crippen LogP contribution in [0, 0.1) is 11.8 Å². The summed E-state index contributed by atoms with van der Waals surface area (Å²) in [7, 11) is 0. The maximum Gasteiger partial charge on any atom is 0.308 e. The van der Waals surface area contributed by atoms with Gasteiger partial charge in [0.05, 0.1) is 5.92 Å². The van der Waals surface area contributed by atoms with E-state index in [1.165, 1.54) is 12.1 Å². The molecule has 0 saturated carbocycles. The summed E-state index contributed by atoms with van der Waals surface area (Å²) in [6, 6.07) is 0. The number of carbonyl (C=O) groups is 1. The highest BCUT2D eigenvalue weighted by Crippen LogP contribution is 2.31. The fourth-order valence-electron chi connectivity index (χ4n) is 2.26. The number of nitrogens with one attached hydrogen (secondary N) is 1. The van der Waals surface area contributed by atoms with Crippen molar-refractivity contribution in [1.82, 2.24) is 5.32 Å². The zero-order valence-electron chi connectivity index (χ0n) is 7.62. The van der Waals surface area contributed by atoms with E-state index >= 15 is 0 Å². The highest BCUT2D eigenvalue weighted by molar-refractivity contribution is 5.70. The summed E-state index contributed by atoms with van der Waals surface area (Å²) in [4.78, 5) is 10.8. The Balaban J connectivity index is 2.04. The van der Waals surface area contributed by atoms with Crippen LogP contribution in [0.25, 0.3) is 0 Å². The molecule has 1 aliphatic heterocycles. The first-order valence-electron chi connectivity index (χ1n) is 4.94. The molecule has 3 heteroatoms. The Morgan fingerprint density at radius 1 is 1.62 bits per heavy atom. The Bertz CT molecular complexity index is 247. The van der Waals surface area contributed by atoms with Gasteiger partial charge in [0, 0.05) is 12.2 Å². The molecule has 0 aromatic rings. The molecule has 2 rings (SSSR count). The lowest BCUT2D eigenvalue weighted by Gasteiger charge is -2.33. The van der Waals surface area contributed by atoms with Gasteiger partial charge in [-0.3, -0.25) is 4.79 Å². The first-order valence-corrected chi connectivity index (χ1v) is 4.94. The fourth-order valence-corrected chi connectivity index (χ4v) is 2.26. The number of rotatable bonds is 1. The van der Waals surface area contributed by atoms with Crippen LogP contribution >= 0.6 is 0 Å². The maximum atomic E-state index is 10.8. The Labute approximate surface area is 77.8 Å². The number of hydrogen-bond acceptors (Lipinski definition) is 2. The Morgan fingerprint density at radius 3 is 3.23 bits per heavy atom. The lowest BCUT2D eigenvalue weighted by atomic mass is 9.81. The highest BCUT2D eigenvalue weighted by atomic mass is 16.4. The first-order chi connectivity index (χ1) is 6.27. The van der Waals surface area contributed by atoms with Gasteiger partial charge in [0.15, 0.2) is 0 Å². The van der Waals surface area contributed by atoms with Gasteiger partial charge >= 0.3 is 5.97 Å². The maximum absolute atomic E-state index is 10.8. The van der Waals surface area contributed by atoms with Gasteiger partial charge in [0.2, 0.25) is 0 Å². The van der Waals surface area contributed by atoms with Gasteiger partial charge in [-0.15, -0.1) is 0 Å². The number of fused-ring (bicyclic) bond motifs is 1. The molecule has 1 aliphatic carbocycles. The Hall–Kier alpha value is -0.990. The molecule has 2 aliphatic rings. The average Bonchev–Trinajstić information content (AvgIpc) is 2.17. The van der Waals surface area contributed by atoms with Gasteiger partial charge in [-0.25, -0.2) is 0 Å². The number of carboxylic acids is 1. The average molecular weight is 181 g/mol. The molecule has 2 N–H and O–H groups in total. The van der Waals surface area contributed by atoms with Crippen LogP contribution in [0.4, 0.5) is 0 Å². The third-order valence-corrected chi connectivity index (χ3v) is 3.03. The van der Waals surface area contributed by atoms with Crippen molar-refractivity contribution in [3.8, 4) is 0 Å². The third-order valence-electron chi connectivity index (χ3n) is 3.03. The predicted molar refractivity (Wildman–Crippen MR) is 49.2 cm³/mol. The minimum Gasteiger partial charge on any atom is -0.481 e. The van der Waals surface area contributed by atoms with E-state index in [0.29, 0.717) is 12.5 Å². The van der Waals surface area contributed by atoms with Crippen LogP contribution in [-0.4, -0.2) is 17.6 Å². The van der Waals surface area contributed by atoms with Crippen molar-refractivity contribution in [2.24, 2.45) is 11.8 Å². The topological polar surface area (TPSA) is 49.3 Å². The van der Waals surface area contributed by atoms with Crippen LogP contribution in [0.1, 0.15) is 25.7 Å². The molecule has 0 bridgehead atoms. The standard InChI is InChI=1S/C10H15NO2/c12-10(13)8-5-7-3-1-2-4-9(7)11-6-8/h4,7-8,11H,1-3,5-6H2,(H,12,13). The van der Waals surface area contributed by atoms with Crippen molar-refractivity contribution in [3.63, 3.8) is 0 Å². The van der Waals surface area contributed by atoms with Gasteiger partial charge in [-0.05, 0) is 31.6 Å². The van der Waals surface area contributed by atoms with E-state index < -0.39 is 5.97 Å². The molecular formula is C10H15NO2. The van der Waals surface area contributed by atoms with Crippen LogP contribution < -0.4 is 5.32 Å². The lowest BCUT2D eigenvalue weighted by Crippen LogP contribution is -2.38. The van der Waals surface area contributed by atoms with Gasteiger partial charge < -0.3 is 10.4 Å². The molecule has 1 heterocycles. The molecular weight excluding hydrogens is 166 g/mol. The SMILES string of the molecule is O=C(O)C1CNC2=CCCCC2C1. The molecule has 0 spiro atoms. The van der Waals surface area contributed by atoms with E-state index in [1.807, 2.05) is 0 Å². The number of carboxylic acid groups (broad SMARTS) is 1. The predicted octanol–water partition coefficient (Wildman–Crippen LogP) is 1.36. The second-order valence-electron chi connectivity index (χ2n) is 3.94. The highest BCUT2D eigenvalue weighted by Gasteiger charge is 2.30. The van der Waals surface area contributed by atoms with Crippen molar-refractivity contribution in [2.45, 2.75) is 25.7 Å². The van der Waals surface area contributed by atoms with E-state index in [2.05, 4.69) is 11.4 Å². The summed E-state index contributed by atoms with van der Waals surface area (Å²) in [5.41, 5.74) is 1.30. The molecule has 13 heavy (non-hydrogen) atoms. The van der Waals surface area contributed by atoms with Crippen LogP contribution in [0.2, 0.25) is 0 Å². The second kappa shape index (κ2) is 3.40. The van der Waals surface area contributed by atoms with E-state index in [4.69, 9.17) is 5.11 Å². The molecule has 0 aromatic heterocycles. The van der Waals surface area contributed by atoms with Gasteiger partial charge in [-0.1, -0.05) is 6.08 Å². The van der Waals surface area contributed by atoms with Crippen molar-refractivity contribution < 1.29 is 9.90 Å². The summed E-state index contributed by atoms with van der Waals surface area (Å²) in [6.07, 6.45) is 6.57. The minimum atomic E-state index is -0.655. The summed E-state index contributed by atoms with van der Waals surface area (Å²) in [5, 5.41) is 12.1. The number of piperidine rings is 1. The van der Waals surface area contributed by atoms with Gasteiger partial charge in [0.1, 0.15) is 0 Å². The quantitative estimate of drug-likeness (QED) is 0.642. The lowest BCUT2D eigenvalue weighted by molar-refractivity contribution is -0.142. The van der Waals surface area contributed by atoms with Crippen molar-refractivity contribution in [1.29, 1.82) is 0 Å². The normalized spacial score (nSPS) is 32.8. The molecule has 0 radical (unpaired) electrons. The molecule has 72 valence electrons. The van der Waals surface area contributed by atoms with Crippen molar-refractivity contribution in [2.75, 3.05) is 6.54 Å². The Morgan fingerprint density at radius 2 is 2.46 bits per heavy atom. The van der Waals surface area contributed by atoms with Gasteiger partial charge in [-0.2, -0.15) is 0 Å². The molecule has 3 nitrogen and oxygen atoms in total. The second-order valence-corrected chi connectivity index (χ2v) is 3.94. The number of allylic oxidation sites excluding steroid dienone is 2. The van der Waals surface area contributed by atoms with Crippen LogP contribution in [0.15, 0.2) is 11.8 Å². The molecule has 0 amide bonds. The van der Waals surface area contributed by atoms with Crippen LogP contribution in [-0.2, 0) is 4.79 Å². The van der Waals surface area contributed by atoms with Crippen LogP contribution in [0.3, 0.4) is 0 Å². The molecule has 1 fully saturated rings. The zero-order valence-corrected chi connectivity index (χ0v) is 7.62. The van der Waals surface area contributed by atoms with E-state index in [-0.39, 0.29) is 5.92 Å². The molecule has 1 saturated heterocycles. The van der Waals surface area contributed by atoms with E-state index in [9.17, 15) is 4.79 Å². The molecule has 2 atom stereocenters. The summed E-state index contributed by atoms with van der Waals surface area (Å²) in [6.45, 7) is 0.609. The zero-order chi connectivity index (χ0) is 9.26. The van der Waals surface area contributed by atoms with Crippen LogP contribution in [0.5, 0.6) is 0 Å².